The molecule has 1 aromatic heterocycles. The van der Waals surface area contributed by atoms with Crippen molar-refractivity contribution in [2.45, 2.75) is 6.92 Å². The van der Waals surface area contributed by atoms with Gasteiger partial charge in [0.25, 0.3) is 5.91 Å². The number of amides is 2. The molecule has 0 spiro atoms. The molecule has 0 saturated carbocycles. The molecule has 0 aliphatic heterocycles. The number of hydrogen-bond acceptors (Lipinski definition) is 2. The monoisotopic (exact) mass is 319 g/mol. The first kappa shape index (κ1) is 15.6. The fourth-order valence-corrected chi connectivity index (χ4v) is 2.37. The minimum Gasteiger partial charge on any atom is -0.326 e. The highest BCUT2D eigenvalue weighted by Crippen LogP contribution is 2.16. The van der Waals surface area contributed by atoms with E-state index in [4.69, 9.17) is 0 Å². The van der Waals surface area contributed by atoms with E-state index in [1.165, 1.54) is 6.92 Å². The van der Waals surface area contributed by atoms with Crippen LogP contribution in [0.4, 0.5) is 11.4 Å². The Morgan fingerprint density at radius 3 is 2.21 bits per heavy atom. The summed E-state index contributed by atoms with van der Waals surface area (Å²) in [7, 11) is 0. The third kappa shape index (κ3) is 3.70. The second kappa shape index (κ2) is 6.83. The summed E-state index contributed by atoms with van der Waals surface area (Å²) in [5, 5.41) is 5.52. The molecular formula is C19H17N3O2. The molecule has 0 radical (unpaired) electrons. The second-order valence-electron chi connectivity index (χ2n) is 5.35. The SMILES string of the molecule is CC(=O)Nc1cccc(C(=O)Nc2ccc(-n3cccc3)cc2)c1. The molecule has 5 nitrogen and oxygen atoms in total. The summed E-state index contributed by atoms with van der Waals surface area (Å²) in [5.74, 6) is -0.399. The fourth-order valence-electron chi connectivity index (χ4n) is 2.37. The normalized spacial score (nSPS) is 10.2. The van der Waals surface area contributed by atoms with Crippen LogP contribution in [-0.2, 0) is 4.79 Å². The Balaban J connectivity index is 1.71. The van der Waals surface area contributed by atoms with Crippen molar-refractivity contribution in [3.8, 4) is 5.69 Å². The van der Waals surface area contributed by atoms with E-state index in [1.54, 1.807) is 24.3 Å². The first-order valence-electron chi connectivity index (χ1n) is 7.54. The Kier molecular flexibility index (Phi) is 4.43. The smallest absolute Gasteiger partial charge is 0.255 e. The Hall–Kier alpha value is -3.34. The van der Waals surface area contributed by atoms with Gasteiger partial charge in [0.1, 0.15) is 0 Å². The van der Waals surface area contributed by atoms with Gasteiger partial charge in [-0.25, -0.2) is 0 Å². The van der Waals surface area contributed by atoms with E-state index < -0.39 is 0 Å². The van der Waals surface area contributed by atoms with E-state index in [9.17, 15) is 9.59 Å². The van der Waals surface area contributed by atoms with E-state index >= 15 is 0 Å². The molecule has 0 aliphatic carbocycles. The van der Waals surface area contributed by atoms with Crippen molar-refractivity contribution in [1.82, 2.24) is 4.57 Å². The van der Waals surface area contributed by atoms with Crippen LogP contribution in [0.25, 0.3) is 5.69 Å². The Bertz CT molecular complexity index is 853. The van der Waals surface area contributed by atoms with Crippen LogP contribution in [0.3, 0.4) is 0 Å². The molecule has 0 atom stereocenters. The zero-order valence-electron chi connectivity index (χ0n) is 13.2. The first-order valence-corrected chi connectivity index (χ1v) is 7.54. The van der Waals surface area contributed by atoms with Crippen molar-refractivity contribution in [3.63, 3.8) is 0 Å². The maximum absolute atomic E-state index is 12.3. The number of carbonyl (C=O) groups is 2. The van der Waals surface area contributed by atoms with E-state index in [1.807, 2.05) is 53.4 Å². The number of nitrogens with one attached hydrogen (secondary N) is 2. The lowest BCUT2D eigenvalue weighted by molar-refractivity contribution is -0.114. The van der Waals surface area contributed by atoms with Crippen molar-refractivity contribution in [2.24, 2.45) is 0 Å². The molecule has 3 rings (SSSR count). The number of anilines is 2. The lowest BCUT2D eigenvalue weighted by Crippen LogP contribution is -2.13. The predicted octanol–water partition coefficient (Wildman–Crippen LogP) is 3.69. The van der Waals surface area contributed by atoms with Crippen molar-refractivity contribution in [3.05, 3.63) is 78.6 Å². The van der Waals surface area contributed by atoms with Crippen molar-refractivity contribution >= 4 is 23.2 Å². The third-order valence-corrected chi connectivity index (χ3v) is 3.47. The summed E-state index contributed by atoms with van der Waals surface area (Å²) in [4.78, 5) is 23.4. The van der Waals surface area contributed by atoms with Gasteiger partial charge in [-0.1, -0.05) is 6.07 Å². The lowest BCUT2D eigenvalue weighted by atomic mass is 10.1. The molecule has 0 fully saturated rings. The second-order valence-corrected chi connectivity index (χ2v) is 5.35. The summed E-state index contributed by atoms with van der Waals surface area (Å²) >= 11 is 0. The molecule has 2 aromatic carbocycles. The summed E-state index contributed by atoms with van der Waals surface area (Å²) in [5.41, 5.74) is 2.81. The topological polar surface area (TPSA) is 63.1 Å². The number of carbonyl (C=O) groups excluding carboxylic acids is 2. The van der Waals surface area contributed by atoms with Gasteiger partial charge >= 0.3 is 0 Å². The first-order chi connectivity index (χ1) is 11.6. The number of nitrogens with zero attached hydrogens (tertiary/aromatic N) is 1. The highest BCUT2D eigenvalue weighted by Gasteiger charge is 2.07. The minimum atomic E-state index is -0.226. The van der Waals surface area contributed by atoms with Crippen LogP contribution in [-0.4, -0.2) is 16.4 Å². The molecule has 2 amide bonds. The average Bonchev–Trinajstić information content (AvgIpc) is 3.09. The number of aromatic nitrogens is 1. The molecule has 0 saturated heterocycles. The summed E-state index contributed by atoms with van der Waals surface area (Å²) in [6.45, 7) is 1.43. The van der Waals surface area contributed by atoms with Crippen LogP contribution in [0.15, 0.2) is 73.1 Å². The summed E-state index contributed by atoms with van der Waals surface area (Å²) in [6, 6.07) is 18.3. The highest BCUT2D eigenvalue weighted by molar-refractivity contribution is 6.05. The highest BCUT2D eigenvalue weighted by atomic mass is 16.2. The summed E-state index contributed by atoms with van der Waals surface area (Å²) in [6.07, 6.45) is 3.92. The zero-order chi connectivity index (χ0) is 16.9. The molecule has 2 N–H and O–H groups in total. The standard InChI is InChI=1S/C19H17N3O2/c1-14(23)20-17-6-4-5-15(13-17)19(24)21-16-7-9-18(10-8-16)22-11-2-3-12-22/h2-13H,1H3,(H,20,23)(H,21,24). The number of benzene rings is 2. The molecular weight excluding hydrogens is 302 g/mol. The van der Waals surface area contributed by atoms with Crippen LogP contribution in [0.5, 0.6) is 0 Å². The summed E-state index contributed by atoms with van der Waals surface area (Å²) < 4.78 is 1.99. The Morgan fingerprint density at radius 1 is 0.833 bits per heavy atom. The van der Waals surface area contributed by atoms with Crippen LogP contribution < -0.4 is 10.6 Å². The minimum absolute atomic E-state index is 0.173. The third-order valence-electron chi connectivity index (χ3n) is 3.47. The van der Waals surface area contributed by atoms with E-state index in [-0.39, 0.29) is 11.8 Å². The van der Waals surface area contributed by atoms with Crippen LogP contribution >= 0.6 is 0 Å². The van der Waals surface area contributed by atoms with Gasteiger partial charge < -0.3 is 15.2 Å². The van der Waals surface area contributed by atoms with Crippen molar-refractivity contribution in [2.75, 3.05) is 10.6 Å². The molecule has 120 valence electrons. The van der Waals surface area contributed by atoms with Gasteiger partial charge in [0, 0.05) is 41.9 Å². The van der Waals surface area contributed by atoms with Crippen LogP contribution in [0.2, 0.25) is 0 Å². The van der Waals surface area contributed by atoms with Gasteiger partial charge in [0.15, 0.2) is 0 Å². The van der Waals surface area contributed by atoms with Crippen LogP contribution in [0, 0.1) is 0 Å². The van der Waals surface area contributed by atoms with Gasteiger partial charge in [0.2, 0.25) is 5.91 Å². The maximum atomic E-state index is 12.3. The number of rotatable bonds is 4. The fraction of sp³-hybridized carbons (Fsp3) is 0.0526. The molecule has 24 heavy (non-hydrogen) atoms. The zero-order valence-corrected chi connectivity index (χ0v) is 13.2. The van der Waals surface area contributed by atoms with Gasteiger partial charge in [-0.15, -0.1) is 0 Å². The molecule has 0 bridgehead atoms. The van der Waals surface area contributed by atoms with Crippen molar-refractivity contribution < 1.29 is 9.59 Å². The van der Waals surface area contributed by atoms with Gasteiger partial charge in [-0.05, 0) is 54.6 Å². The van der Waals surface area contributed by atoms with Gasteiger partial charge in [-0.2, -0.15) is 0 Å². The van der Waals surface area contributed by atoms with E-state index in [2.05, 4.69) is 10.6 Å². The number of hydrogen-bond donors (Lipinski definition) is 2. The Labute approximate surface area is 139 Å². The largest absolute Gasteiger partial charge is 0.326 e. The van der Waals surface area contributed by atoms with E-state index in [0.717, 1.165) is 5.69 Å². The molecule has 0 aliphatic rings. The van der Waals surface area contributed by atoms with Crippen molar-refractivity contribution in [1.29, 1.82) is 0 Å². The van der Waals surface area contributed by atoms with Crippen LogP contribution in [0.1, 0.15) is 17.3 Å². The average molecular weight is 319 g/mol. The maximum Gasteiger partial charge on any atom is 0.255 e. The predicted molar refractivity (Wildman–Crippen MR) is 94.5 cm³/mol. The molecule has 0 unspecified atom stereocenters. The van der Waals surface area contributed by atoms with Gasteiger partial charge in [0.05, 0.1) is 0 Å². The lowest BCUT2D eigenvalue weighted by Gasteiger charge is -2.09. The molecule has 1 heterocycles. The molecule has 3 aromatic rings. The Morgan fingerprint density at radius 2 is 1.54 bits per heavy atom. The quantitative estimate of drug-likeness (QED) is 0.770. The molecule has 5 heteroatoms. The van der Waals surface area contributed by atoms with E-state index in [0.29, 0.717) is 16.9 Å². The van der Waals surface area contributed by atoms with Gasteiger partial charge in [-0.3, -0.25) is 9.59 Å².